The number of nitrogens with one attached hydrogen (secondary N) is 2. The van der Waals surface area contributed by atoms with Gasteiger partial charge in [0.2, 0.25) is 0 Å². The Balaban J connectivity index is 1.48. The summed E-state index contributed by atoms with van der Waals surface area (Å²) < 4.78 is 0. The highest BCUT2D eigenvalue weighted by Crippen LogP contribution is 2.39. The van der Waals surface area contributed by atoms with E-state index in [0.717, 1.165) is 22.5 Å². The van der Waals surface area contributed by atoms with Crippen LogP contribution < -0.4 is 5.32 Å². The lowest BCUT2D eigenvalue weighted by Crippen LogP contribution is -2.27. The molecule has 3 aromatic heterocycles. The molecule has 0 radical (unpaired) electrons. The van der Waals surface area contributed by atoms with Crippen LogP contribution in [0.25, 0.3) is 11.4 Å². The van der Waals surface area contributed by atoms with Crippen LogP contribution in [0.2, 0.25) is 0 Å². The van der Waals surface area contributed by atoms with Crippen molar-refractivity contribution >= 4 is 5.91 Å². The molecule has 1 amide bonds. The van der Waals surface area contributed by atoms with Crippen LogP contribution in [0.15, 0.2) is 36.8 Å². The molecule has 7 heteroatoms. The minimum atomic E-state index is -0.213. The standard InChI is InChI=1S/C19H20N6O/c1-11-15(10-21-18(22-11)14-5-7-20-8-6-14)12(2)23-19(26)17-9-16(24-25-17)13-3-4-13/h5-10,12-13H,3-4H2,1-2H3,(H,23,26)(H,24,25)/t12-/m1/s1. The third-order valence-electron chi connectivity index (χ3n) is 4.62. The van der Waals surface area contributed by atoms with Crippen molar-refractivity contribution < 1.29 is 4.79 Å². The molecule has 132 valence electrons. The molecule has 1 saturated carbocycles. The Morgan fingerprint density at radius 1 is 1.31 bits per heavy atom. The maximum absolute atomic E-state index is 12.4. The van der Waals surface area contributed by atoms with Crippen LogP contribution in [0.5, 0.6) is 0 Å². The van der Waals surface area contributed by atoms with E-state index in [9.17, 15) is 4.79 Å². The summed E-state index contributed by atoms with van der Waals surface area (Å²) in [6.07, 6.45) is 7.53. The molecule has 7 nitrogen and oxygen atoms in total. The molecule has 1 aliphatic carbocycles. The van der Waals surface area contributed by atoms with Crippen LogP contribution >= 0.6 is 0 Å². The molecule has 3 aromatic rings. The molecule has 0 spiro atoms. The number of pyridine rings is 1. The zero-order valence-corrected chi connectivity index (χ0v) is 14.7. The summed E-state index contributed by atoms with van der Waals surface area (Å²) in [5, 5.41) is 10.1. The second-order valence-corrected chi connectivity index (χ2v) is 6.65. The number of rotatable bonds is 5. The van der Waals surface area contributed by atoms with Gasteiger partial charge in [0, 0.05) is 47.0 Å². The van der Waals surface area contributed by atoms with E-state index in [1.165, 1.54) is 12.8 Å². The van der Waals surface area contributed by atoms with Gasteiger partial charge in [0.05, 0.1) is 6.04 Å². The molecule has 1 atom stereocenters. The van der Waals surface area contributed by atoms with E-state index in [-0.39, 0.29) is 11.9 Å². The number of H-pyrrole nitrogens is 1. The summed E-state index contributed by atoms with van der Waals surface area (Å²) in [5.41, 5.74) is 4.10. The van der Waals surface area contributed by atoms with Crippen molar-refractivity contribution in [3.05, 3.63) is 59.4 Å². The third kappa shape index (κ3) is 3.33. The van der Waals surface area contributed by atoms with Crippen molar-refractivity contribution in [2.24, 2.45) is 0 Å². The van der Waals surface area contributed by atoms with E-state index in [1.807, 2.05) is 32.0 Å². The molecule has 1 aliphatic rings. The Labute approximate surface area is 151 Å². The number of hydrogen-bond donors (Lipinski definition) is 2. The number of carbonyl (C=O) groups excluding carboxylic acids is 1. The van der Waals surface area contributed by atoms with Gasteiger partial charge in [-0.3, -0.25) is 14.9 Å². The normalized spacial score (nSPS) is 14.8. The van der Waals surface area contributed by atoms with Gasteiger partial charge in [-0.2, -0.15) is 5.10 Å². The predicted molar refractivity (Wildman–Crippen MR) is 96.4 cm³/mol. The molecular formula is C19H20N6O. The molecule has 1 fully saturated rings. The van der Waals surface area contributed by atoms with Gasteiger partial charge in [-0.05, 0) is 44.9 Å². The number of hydrogen-bond acceptors (Lipinski definition) is 5. The van der Waals surface area contributed by atoms with Crippen molar-refractivity contribution in [3.63, 3.8) is 0 Å². The van der Waals surface area contributed by atoms with Gasteiger partial charge in [-0.25, -0.2) is 9.97 Å². The van der Waals surface area contributed by atoms with E-state index >= 15 is 0 Å². The molecule has 0 bridgehead atoms. The largest absolute Gasteiger partial charge is 0.344 e. The van der Waals surface area contributed by atoms with E-state index in [1.54, 1.807) is 18.6 Å². The summed E-state index contributed by atoms with van der Waals surface area (Å²) in [5.74, 6) is 0.990. The molecule has 0 aromatic carbocycles. The Morgan fingerprint density at radius 2 is 2.08 bits per heavy atom. The maximum atomic E-state index is 12.4. The highest BCUT2D eigenvalue weighted by Gasteiger charge is 2.27. The van der Waals surface area contributed by atoms with Crippen molar-refractivity contribution in [3.8, 4) is 11.4 Å². The first-order valence-electron chi connectivity index (χ1n) is 8.72. The lowest BCUT2D eigenvalue weighted by Gasteiger charge is -2.15. The fraction of sp³-hybridized carbons (Fsp3) is 0.316. The van der Waals surface area contributed by atoms with Crippen LogP contribution in [0, 0.1) is 6.92 Å². The number of aryl methyl sites for hydroxylation is 1. The third-order valence-corrected chi connectivity index (χ3v) is 4.62. The summed E-state index contributed by atoms with van der Waals surface area (Å²) in [7, 11) is 0. The molecule has 4 rings (SSSR count). The lowest BCUT2D eigenvalue weighted by molar-refractivity contribution is 0.0934. The lowest BCUT2D eigenvalue weighted by atomic mass is 10.1. The number of nitrogens with zero attached hydrogens (tertiary/aromatic N) is 4. The van der Waals surface area contributed by atoms with Crippen molar-refractivity contribution in [1.29, 1.82) is 0 Å². The zero-order chi connectivity index (χ0) is 18.1. The number of amides is 1. The first kappa shape index (κ1) is 16.4. The molecule has 2 N–H and O–H groups in total. The van der Waals surface area contributed by atoms with E-state index in [4.69, 9.17) is 0 Å². The maximum Gasteiger partial charge on any atom is 0.272 e. The first-order chi connectivity index (χ1) is 12.6. The number of carbonyl (C=O) groups is 1. The fourth-order valence-electron chi connectivity index (χ4n) is 2.95. The second-order valence-electron chi connectivity index (χ2n) is 6.65. The fourth-order valence-corrected chi connectivity index (χ4v) is 2.95. The van der Waals surface area contributed by atoms with E-state index in [2.05, 4.69) is 30.5 Å². The number of aromatic amines is 1. The van der Waals surface area contributed by atoms with Gasteiger partial charge in [-0.15, -0.1) is 0 Å². The van der Waals surface area contributed by atoms with Crippen molar-refractivity contribution in [2.45, 2.75) is 38.6 Å². The van der Waals surface area contributed by atoms with Crippen LogP contribution in [0.3, 0.4) is 0 Å². The summed E-state index contributed by atoms with van der Waals surface area (Å²) >= 11 is 0. The number of aromatic nitrogens is 5. The Bertz CT molecular complexity index is 932. The Morgan fingerprint density at radius 3 is 2.77 bits per heavy atom. The molecule has 3 heterocycles. The van der Waals surface area contributed by atoms with E-state index < -0.39 is 0 Å². The second kappa shape index (κ2) is 6.67. The average molecular weight is 348 g/mol. The van der Waals surface area contributed by atoms with Gasteiger partial charge in [0.25, 0.3) is 5.91 Å². The summed E-state index contributed by atoms with van der Waals surface area (Å²) in [6.45, 7) is 3.84. The van der Waals surface area contributed by atoms with Crippen LogP contribution in [-0.4, -0.2) is 31.1 Å². The topological polar surface area (TPSA) is 96.5 Å². The van der Waals surface area contributed by atoms with Gasteiger partial charge in [0.15, 0.2) is 5.82 Å². The monoisotopic (exact) mass is 348 g/mol. The van der Waals surface area contributed by atoms with Gasteiger partial charge in [0.1, 0.15) is 5.69 Å². The summed E-state index contributed by atoms with van der Waals surface area (Å²) in [4.78, 5) is 25.5. The predicted octanol–water partition coefficient (Wildman–Crippen LogP) is 2.94. The quantitative estimate of drug-likeness (QED) is 0.739. The highest BCUT2D eigenvalue weighted by atomic mass is 16.2. The SMILES string of the molecule is Cc1nc(-c2ccncc2)ncc1[C@@H](C)NC(=O)c1cc(C2CC2)[nH]n1. The molecule has 0 aliphatic heterocycles. The van der Waals surface area contributed by atoms with Gasteiger partial charge >= 0.3 is 0 Å². The smallest absolute Gasteiger partial charge is 0.272 e. The minimum Gasteiger partial charge on any atom is -0.344 e. The Kier molecular flexibility index (Phi) is 4.20. The van der Waals surface area contributed by atoms with Gasteiger partial charge in [-0.1, -0.05) is 0 Å². The molecular weight excluding hydrogens is 328 g/mol. The zero-order valence-electron chi connectivity index (χ0n) is 14.7. The summed E-state index contributed by atoms with van der Waals surface area (Å²) in [6, 6.07) is 5.37. The van der Waals surface area contributed by atoms with Crippen LogP contribution in [-0.2, 0) is 0 Å². The minimum absolute atomic E-state index is 0.196. The molecule has 0 saturated heterocycles. The van der Waals surface area contributed by atoms with Crippen LogP contribution in [0.1, 0.15) is 59.2 Å². The average Bonchev–Trinajstić information content (AvgIpc) is 3.38. The van der Waals surface area contributed by atoms with Gasteiger partial charge < -0.3 is 5.32 Å². The van der Waals surface area contributed by atoms with E-state index in [0.29, 0.717) is 17.4 Å². The highest BCUT2D eigenvalue weighted by molar-refractivity contribution is 5.92. The first-order valence-corrected chi connectivity index (χ1v) is 8.72. The van der Waals surface area contributed by atoms with Crippen molar-refractivity contribution in [1.82, 2.24) is 30.5 Å². The van der Waals surface area contributed by atoms with Crippen molar-refractivity contribution in [2.75, 3.05) is 0 Å². The molecule has 0 unspecified atom stereocenters. The molecule has 26 heavy (non-hydrogen) atoms. The Hall–Kier alpha value is -3.09. The van der Waals surface area contributed by atoms with Crippen LogP contribution in [0.4, 0.5) is 0 Å².